The van der Waals surface area contributed by atoms with Crippen molar-refractivity contribution < 1.29 is 4.74 Å². The Balaban J connectivity index is 1.53. The second-order valence-electron chi connectivity index (χ2n) is 4.93. The molecule has 0 bridgehead atoms. The molecule has 3 rings (SSSR count). The monoisotopic (exact) mass is 254 g/mol. The molecule has 0 amide bonds. The van der Waals surface area contributed by atoms with Crippen molar-refractivity contribution in [3.05, 3.63) is 60.4 Å². The quantitative estimate of drug-likeness (QED) is 0.839. The first kappa shape index (κ1) is 12.2. The molecule has 2 aromatic rings. The van der Waals surface area contributed by atoms with Crippen molar-refractivity contribution in [2.75, 3.05) is 13.1 Å². The van der Waals surface area contributed by atoms with E-state index in [0.717, 1.165) is 31.8 Å². The topological polar surface area (TPSA) is 25.4 Å². The van der Waals surface area contributed by atoms with E-state index in [0.29, 0.717) is 6.10 Å². The second kappa shape index (κ2) is 5.85. The molecule has 2 heterocycles. The zero-order valence-electron chi connectivity index (χ0n) is 10.9. The standard InChI is InChI=1S/C16H18N2O/c1-2-4-15(5-3-1)19-16-8-11-18(13-16)12-14-6-9-17-10-7-14/h1-7,9-10,16H,8,11-13H2. The van der Waals surface area contributed by atoms with Crippen molar-refractivity contribution in [2.45, 2.75) is 19.1 Å². The van der Waals surface area contributed by atoms with Gasteiger partial charge in [-0.1, -0.05) is 18.2 Å². The number of hydrogen-bond acceptors (Lipinski definition) is 3. The minimum atomic E-state index is 0.309. The van der Waals surface area contributed by atoms with Gasteiger partial charge in [0.1, 0.15) is 11.9 Å². The lowest BCUT2D eigenvalue weighted by atomic mass is 10.2. The number of ether oxygens (including phenoxy) is 1. The third-order valence-electron chi connectivity index (χ3n) is 3.43. The fourth-order valence-electron chi connectivity index (χ4n) is 2.47. The van der Waals surface area contributed by atoms with Gasteiger partial charge in [0, 0.05) is 32.0 Å². The van der Waals surface area contributed by atoms with Crippen molar-refractivity contribution in [3.8, 4) is 5.75 Å². The van der Waals surface area contributed by atoms with E-state index in [1.54, 1.807) is 0 Å². The average Bonchev–Trinajstić information content (AvgIpc) is 2.88. The molecule has 1 aromatic carbocycles. The molecule has 1 aromatic heterocycles. The van der Waals surface area contributed by atoms with Crippen LogP contribution in [0.4, 0.5) is 0 Å². The maximum absolute atomic E-state index is 5.99. The van der Waals surface area contributed by atoms with E-state index >= 15 is 0 Å². The third-order valence-corrected chi connectivity index (χ3v) is 3.43. The average molecular weight is 254 g/mol. The smallest absolute Gasteiger partial charge is 0.119 e. The van der Waals surface area contributed by atoms with Gasteiger partial charge >= 0.3 is 0 Å². The molecule has 98 valence electrons. The predicted molar refractivity (Wildman–Crippen MR) is 75.0 cm³/mol. The van der Waals surface area contributed by atoms with Crippen LogP contribution in [0.2, 0.25) is 0 Å². The van der Waals surface area contributed by atoms with Crippen LogP contribution < -0.4 is 4.74 Å². The molecule has 1 aliphatic rings. The van der Waals surface area contributed by atoms with Crippen molar-refractivity contribution >= 4 is 0 Å². The van der Waals surface area contributed by atoms with Crippen molar-refractivity contribution in [1.82, 2.24) is 9.88 Å². The summed E-state index contributed by atoms with van der Waals surface area (Å²) in [5, 5.41) is 0. The molecular formula is C16H18N2O. The lowest BCUT2D eigenvalue weighted by molar-refractivity contribution is 0.198. The molecule has 0 aliphatic carbocycles. The SMILES string of the molecule is c1ccc(OC2CCN(Cc3ccncc3)C2)cc1. The summed E-state index contributed by atoms with van der Waals surface area (Å²) < 4.78 is 5.99. The Labute approximate surface area is 113 Å². The van der Waals surface area contributed by atoms with Crippen LogP contribution in [0.25, 0.3) is 0 Å². The minimum absolute atomic E-state index is 0.309. The van der Waals surface area contributed by atoms with Gasteiger partial charge in [-0.15, -0.1) is 0 Å². The van der Waals surface area contributed by atoms with Crippen LogP contribution in [-0.4, -0.2) is 29.1 Å². The van der Waals surface area contributed by atoms with Gasteiger partial charge in [0.05, 0.1) is 0 Å². The lowest BCUT2D eigenvalue weighted by Crippen LogP contribution is -2.24. The second-order valence-corrected chi connectivity index (χ2v) is 4.93. The number of para-hydroxylation sites is 1. The number of benzene rings is 1. The molecule has 0 spiro atoms. The van der Waals surface area contributed by atoms with Crippen molar-refractivity contribution in [2.24, 2.45) is 0 Å². The molecular weight excluding hydrogens is 236 g/mol. The number of aromatic nitrogens is 1. The highest BCUT2D eigenvalue weighted by Crippen LogP contribution is 2.19. The van der Waals surface area contributed by atoms with E-state index in [2.05, 4.69) is 22.0 Å². The number of rotatable bonds is 4. The van der Waals surface area contributed by atoms with Crippen LogP contribution >= 0.6 is 0 Å². The molecule has 0 radical (unpaired) electrons. The normalized spacial score (nSPS) is 19.5. The highest BCUT2D eigenvalue weighted by molar-refractivity contribution is 5.21. The van der Waals surface area contributed by atoms with E-state index in [4.69, 9.17) is 4.74 Å². The Bertz CT molecular complexity index is 453. The van der Waals surface area contributed by atoms with E-state index in [1.165, 1.54) is 5.56 Å². The van der Waals surface area contributed by atoms with Crippen LogP contribution in [0.3, 0.4) is 0 Å². The molecule has 1 unspecified atom stereocenters. The van der Waals surface area contributed by atoms with Gasteiger partial charge in [-0.05, 0) is 36.2 Å². The van der Waals surface area contributed by atoms with Crippen LogP contribution in [0, 0.1) is 0 Å². The third kappa shape index (κ3) is 3.32. The fourth-order valence-corrected chi connectivity index (χ4v) is 2.47. The van der Waals surface area contributed by atoms with Gasteiger partial charge in [0.2, 0.25) is 0 Å². The molecule has 1 aliphatic heterocycles. The number of pyridine rings is 1. The number of nitrogens with zero attached hydrogens (tertiary/aromatic N) is 2. The zero-order valence-corrected chi connectivity index (χ0v) is 10.9. The summed E-state index contributed by atoms with van der Waals surface area (Å²) in [7, 11) is 0. The molecule has 1 fully saturated rings. The summed E-state index contributed by atoms with van der Waals surface area (Å²) in [6.45, 7) is 3.08. The highest BCUT2D eigenvalue weighted by atomic mass is 16.5. The van der Waals surface area contributed by atoms with E-state index < -0.39 is 0 Å². The first-order chi connectivity index (χ1) is 9.40. The zero-order chi connectivity index (χ0) is 12.9. The van der Waals surface area contributed by atoms with E-state index in [-0.39, 0.29) is 0 Å². The fraction of sp³-hybridized carbons (Fsp3) is 0.312. The summed E-state index contributed by atoms with van der Waals surface area (Å²) in [4.78, 5) is 6.48. The summed E-state index contributed by atoms with van der Waals surface area (Å²) in [6, 6.07) is 14.2. The van der Waals surface area contributed by atoms with E-state index in [1.807, 2.05) is 42.7 Å². The molecule has 19 heavy (non-hydrogen) atoms. The molecule has 1 saturated heterocycles. The van der Waals surface area contributed by atoms with Gasteiger partial charge in [-0.3, -0.25) is 9.88 Å². The van der Waals surface area contributed by atoms with Gasteiger partial charge in [-0.2, -0.15) is 0 Å². The summed E-state index contributed by atoms with van der Waals surface area (Å²) in [6.07, 6.45) is 5.11. The van der Waals surface area contributed by atoms with Crippen LogP contribution in [0.15, 0.2) is 54.9 Å². The number of likely N-dealkylation sites (tertiary alicyclic amines) is 1. The largest absolute Gasteiger partial charge is 0.489 e. The molecule has 1 atom stereocenters. The Morgan fingerprint density at radius 1 is 1.11 bits per heavy atom. The van der Waals surface area contributed by atoms with Crippen LogP contribution in [0.1, 0.15) is 12.0 Å². The Kier molecular flexibility index (Phi) is 3.75. The Morgan fingerprint density at radius 2 is 1.89 bits per heavy atom. The van der Waals surface area contributed by atoms with Crippen LogP contribution in [-0.2, 0) is 6.54 Å². The van der Waals surface area contributed by atoms with Gasteiger partial charge < -0.3 is 4.74 Å². The summed E-state index contributed by atoms with van der Waals surface area (Å²) in [5.41, 5.74) is 1.32. The predicted octanol–water partition coefficient (Wildman–Crippen LogP) is 2.73. The first-order valence-corrected chi connectivity index (χ1v) is 6.73. The lowest BCUT2D eigenvalue weighted by Gasteiger charge is -2.16. The Morgan fingerprint density at radius 3 is 2.68 bits per heavy atom. The van der Waals surface area contributed by atoms with Gasteiger partial charge in [0.25, 0.3) is 0 Å². The van der Waals surface area contributed by atoms with Crippen molar-refractivity contribution in [1.29, 1.82) is 0 Å². The highest BCUT2D eigenvalue weighted by Gasteiger charge is 2.23. The molecule has 3 heteroatoms. The minimum Gasteiger partial charge on any atom is -0.489 e. The summed E-state index contributed by atoms with van der Waals surface area (Å²) >= 11 is 0. The maximum atomic E-state index is 5.99. The number of hydrogen-bond donors (Lipinski definition) is 0. The van der Waals surface area contributed by atoms with Crippen LogP contribution in [0.5, 0.6) is 5.75 Å². The summed E-state index contributed by atoms with van der Waals surface area (Å²) in [5.74, 6) is 0.971. The van der Waals surface area contributed by atoms with Gasteiger partial charge in [0.15, 0.2) is 0 Å². The molecule has 3 nitrogen and oxygen atoms in total. The molecule has 0 saturated carbocycles. The van der Waals surface area contributed by atoms with E-state index in [9.17, 15) is 0 Å². The van der Waals surface area contributed by atoms with Gasteiger partial charge in [-0.25, -0.2) is 0 Å². The molecule has 0 N–H and O–H groups in total. The first-order valence-electron chi connectivity index (χ1n) is 6.73. The maximum Gasteiger partial charge on any atom is 0.119 e. The van der Waals surface area contributed by atoms with Crippen molar-refractivity contribution in [3.63, 3.8) is 0 Å². The Hall–Kier alpha value is -1.87.